The van der Waals surface area contributed by atoms with E-state index in [1.54, 1.807) is 25.1 Å². The van der Waals surface area contributed by atoms with Gasteiger partial charge in [0.05, 0.1) is 19.1 Å². The lowest BCUT2D eigenvalue weighted by Crippen LogP contribution is -2.49. The molecule has 0 heterocycles. The molecule has 1 atom stereocenters. The number of benzene rings is 2. The van der Waals surface area contributed by atoms with E-state index in [1.807, 2.05) is 19.9 Å². The van der Waals surface area contributed by atoms with E-state index < -0.39 is 27.7 Å². The Morgan fingerprint density at radius 2 is 1.75 bits per heavy atom. The van der Waals surface area contributed by atoms with Gasteiger partial charge in [0.1, 0.15) is 11.8 Å². The van der Waals surface area contributed by atoms with Crippen LogP contribution in [0.2, 0.25) is 0 Å². The number of methoxy groups -OCH3 is 1. The number of rotatable bonds is 12. The first-order valence-electron chi connectivity index (χ1n) is 11.5. The molecule has 2 aromatic rings. The third-order valence-electron chi connectivity index (χ3n) is 5.43. The lowest BCUT2D eigenvalue weighted by atomic mass is 10.1. The molecule has 8 nitrogen and oxygen atoms in total. The van der Waals surface area contributed by atoms with Gasteiger partial charge in [-0.05, 0) is 57.0 Å². The molecule has 0 aliphatic heterocycles. The van der Waals surface area contributed by atoms with Gasteiger partial charge in [0, 0.05) is 31.6 Å². The van der Waals surface area contributed by atoms with Crippen LogP contribution in [0.3, 0.4) is 0 Å². The summed E-state index contributed by atoms with van der Waals surface area (Å²) in [6.45, 7) is 5.27. The van der Waals surface area contributed by atoms with E-state index in [0.717, 1.165) is 34.3 Å². The molecular weight excluding hydrogens is 492 g/mol. The minimum Gasteiger partial charge on any atom is -0.497 e. The fourth-order valence-electron chi connectivity index (χ4n) is 3.60. The predicted molar refractivity (Wildman–Crippen MR) is 134 cm³/mol. The lowest BCUT2D eigenvalue weighted by molar-refractivity contribution is -0.140. The molecule has 0 unspecified atom stereocenters. The summed E-state index contributed by atoms with van der Waals surface area (Å²) in [7, 11) is -2.29. The molecule has 2 rings (SSSR count). The number of amides is 2. The van der Waals surface area contributed by atoms with Crippen molar-refractivity contribution in [1.82, 2.24) is 10.2 Å². The summed E-state index contributed by atoms with van der Waals surface area (Å²) < 4.78 is 57.8. The first-order chi connectivity index (χ1) is 16.8. The quantitative estimate of drug-likeness (QED) is 0.458. The van der Waals surface area contributed by atoms with Crippen LogP contribution in [0.25, 0.3) is 0 Å². The fraction of sp³-hybridized carbons (Fsp3) is 0.440. The smallest absolute Gasteiger partial charge is 0.242 e. The van der Waals surface area contributed by atoms with Crippen molar-refractivity contribution < 1.29 is 31.5 Å². The van der Waals surface area contributed by atoms with Gasteiger partial charge in [-0.3, -0.25) is 13.9 Å². The van der Waals surface area contributed by atoms with Crippen molar-refractivity contribution in [2.75, 3.05) is 24.2 Å². The molecule has 2 amide bonds. The largest absolute Gasteiger partial charge is 0.497 e. The summed E-state index contributed by atoms with van der Waals surface area (Å²) in [4.78, 5) is 27.3. The summed E-state index contributed by atoms with van der Waals surface area (Å²) in [6.07, 6.45) is 0.973. The van der Waals surface area contributed by atoms with Gasteiger partial charge < -0.3 is 15.0 Å². The Morgan fingerprint density at radius 3 is 2.33 bits per heavy atom. The topological polar surface area (TPSA) is 96.0 Å². The summed E-state index contributed by atoms with van der Waals surface area (Å²) in [6, 6.07) is 9.02. The number of hydrogen-bond acceptors (Lipinski definition) is 5. The molecule has 0 radical (unpaired) electrons. The van der Waals surface area contributed by atoms with Gasteiger partial charge in [0.2, 0.25) is 21.8 Å². The highest BCUT2D eigenvalue weighted by molar-refractivity contribution is 7.92. The van der Waals surface area contributed by atoms with Crippen molar-refractivity contribution in [2.45, 2.75) is 52.2 Å². The maximum Gasteiger partial charge on any atom is 0.242 e. The Labute approximate surface area is 211 Å². The van der Waals surface area contributed by atoms with Crippen molar-refractivity contribution in [3.05, 3.63) is 59.7 Å². The molecule has 0 fully saturated rings. The number of carbonyl (C=O) groups excluding carboxylic acids is 2. The van der Waals surface area contributed by atoms with Crippen LogP contribution in [0.15, 0.2) is 42.5 Å². The lowest BCUT2D eigenvalue weighted by Gasteiger charge is -2.30. The summed E-state index contributed by atoms with van der Waals surface area (Å²) in [5.41, 5.74) is 0.716. The van der Waals surface area contributed by atoms with E-state index in [0.29, 0.717) is 5.75 Å². The van der Waals surface area contributed by atoms with Crippen molar-refractivity contribution in [3.63, 3.8) is 0 Å². The second-order valence-corrected chi connectivity index (χ2v) is 10.7. The third kappa shape index (κ3) is 8.18. The average molecular weight is 526 g/mol. The van der Waals surface area contributed by atoms with E-state index in [9.17, 15) is 26.8 Å². The molecule has 0 spiro atoms. The SMILES string of the molecule is COc1cccc(CN(C(=O)CCCN(c2ccc(F)c(F)c2)S(C)(=O)=O)[C@@H](C)C(=O)NC(C)C)c1. The Bertz CT molecular complexity index is 1170. The number of anilines is 1. The Balaban J connectivity index is 2.20. The van der Waals surface area contributed by atoms with Crippen LogP contribution in [0.1, 0.15) is 39.2 Å². The number of ether oxygens (including phenoxy) is 1. The molecule has 36 heavy (non-hydrogen) atoms. The van der Waals surface area contributed by atoms with Gasteiger partial charge in [-0.2, -0.15) is 0 Å². The van der Waals surface area contributed by atoms with E-state index in [4.69, 9.17) is 4.74 Å². The standard InChI is InChI=1S/C25H33F2N3O5S/c1-17(2)28-25(32)18(3)29(16-19-8-6-9-21(14-19)35-4)24(31)10-7-13-30(36(5,33)34)20-11-12-22(26)23(27)15-20/h6,8-9,11-12,14-15,17-18H,7,10,13,16H2,1-5H3,(H,28,32)/t18-/m0/s1. The van der Waals surface area contributed by atoms with E-state index >= 15 is 0 Å². The highest BCUT2D eigenvalue weighted by Gasteiger charge is 2.27. The minimum atomic E-state index is -3.82. The number of nitrogens with one attached hydrogen (secondary N) is 1. The number of halogens is 2. The second kappa shape index (κ2) is 12.7. The van der Waals surface area contributed by atoms with Crippen LogP contribution in [0.5, 0.6) is 5.75 Å². The fourth-order valence-corrected chi connectivity index (χ4v) is 4.56. The maximum absolute atomic E-state index is 13.7. The number of sulfonamides is 1. The second-order valence-electron chi connectivity index (χ2n) is 8.75. The van der Waals surface area contributed by atoms with Crippen LogP contribution in [0, 0.1) is 11.6 Å². The molecule has 0 aliphatic carbocycles. The zero-order chi connectivity index (χ0) is 27.0. The molecule has 0 saturated heterocycles. The van der Waals surface area contributed by atoms with Gasteiger partial charge in [0.25, 0.3) is 0 Å². The molecular formula is C25H33F2N3O5S. The monoisotopic (exact) mass is 525 g/mol. The van der Waals surface area contributed by atoms with E-state index in [-0.39, 0.29) is 49.5 Å². The van der Waals surface area contributed by atoms with Gasteiger partial charge in [0.15, 0.2) is 11.6 Å². The molecule has 1 N–H and O–H groups in total. The first kappa shape index (κ1) is 29.0. The van der Waals surface area contributed by atoms with Crippen molar-refractivity contribution in [1.29, 1.82) is 0 Å². The van der Waals surface area contributed by atoms with Gasteiger partial charge in [-0.25, -0.2) is 17.2 Å². The maximum atomic E-state index is 13.7. The summed E-state index contributed by atoms with van der Waals surface area (Å²) in [5.74, 6) is -2.34. The predicted octanol–water partition coefficient (Wildman–Crippen LogP) is 3.46. The molecule has 0 aliphatic rings. The Kier molecular flexibility index (Phi) is 10.2. The summed E-state index contributed by atoms with van der Waals surface area (Å²) >= 11 is 0. The third-order valence-corrected chi connectivity index (χ3v) is 6.62. The highest BCUT2D eigenvalue weighted by atomic mass is 32.2. The zero-order valence-corrected chi connectivity index (χ0v) is 21.9. The van der Waals surface area contributed by atoms with Crippen molar-refractivity contribution >= 4 is 27.5 Å². The van der Waals surface area contributed by atoms with Crippen molar-refractivity contribution in [2.24, 2.45) is 0 Å². The van der Waals surface area contributed by atoms with Gasteiger partial charge in [-0.1, -0.05) is 12.1 Å². The van der Waals surface area contributed by atoms with E-state index in [2.05, 4.69) is 5.32 Å². The number of hydrogen-bond donors (Lipinski definition) is 1. The van der Waals surface area contributed by atoms with Crippen LogP contribution in [0.4, 0.5) is 14.5 Å². The normalized spacial score (nSPS) is 12.2. The van der Waals surface area contributed by atoms with Gasteiger partial charge >= 0.3 is 0 Å². The molecule has 198 valence electrons. The molecule has 0 saturated carbocycles. The average Bonchev–Trinajstić information content (AvgIpc) is 2.80. The summed E-state index contributed by atoms with van der Waals surface area (Å²) in [5, 5.41) is 2.80. The zero-order valence-electron chi connectivity index (χ0n) is 21.1. The van der Waals surface area contributed by atoms with Crippen LogP contribution in [-0.2, 0) is 26.2 Å². The van der Waals surface area contributed by atoms with Crippen LogP contribution in [-0.4, -0.2) is 57.1 Å². The van der Waals surface area contributed by atoms with Crippen molar-refractivity contribution in [3.8, 4) is 5.75 Å². The number of nitrogens with zero attached hydrogens (tertiary/aromatic N) is 2. The molecule has 0 aromatic heterocycles. The number of carbonyl (C=O) groups is 2. The first-order valence-corrected chi connectivity index (χ1v) is 13.3. The molecule has 2 aromatic carbocycles. The highest BCUT2D eigenvalue weighted by Crippen LogP contribution is 2.22. The van der Waals surface area contributed by atoms with E-state index in [1.165, 1.54) is 12.0 Å². The molecule has 11 heteroatoms. The van der Waals surface area contributed by atoms with Crippen LogP contribution >= 0.6 is 0 Å². The Hall–Kier alpha value is -3.21. The minimum absolute atomic E-state index is 0.0400. The molecule has 0 bridgehead atoms. The van der Waals surface area contributed by atoms with Crippen LogP contribution < -0.4 is 14.4 Å². The Morgan fingerprint density at radius 1 is 1.06 bits per heavy atom. The van der Waals surface area contributed by atoms with Gasteiger partial charge in [-0.15, -0.1) is 0 Å².